The Morgan fingerprint density at radius 2 is 1.60 bits per heavy atom. The van der Waals surface area contributed by atoms with E-state index >= 15 is 0 Å². The third-order valence-electron chi connectivity index (χ3n) is 8.62. The molecule has 2 fully saturated rings. The first-order chi connectivity index (χ1) is 19.9. The van der Waals surface area contributed by atoms with Gasteiger partial charge in [0.1, 0.15) is 0 Å². The minimum absolute atomic E-state index is 0. The van der Waals surface area contributed by atoms with Crippen molar-refractivity contribution in [2.24, 2.45) is 11.8 Å². The molecule has 0 spiro atoms. The third kappa shape index (κ3) is 7.35. The molecule has 1 radical (unpaired) electrons. The standard InChI is InChI=1S/C22H15N2.C15H24O2.Ir/c1-14-9-15(2)11-17(10-14)22-21-18(13-23)12-16-5-3-4-6-19(16)20(21)7-8-24-22;16-14(12-7-3-1-4-8-12)11-15(17)13-9-5-2-6-10-13;/h3-10,12H,1-2H3;11-13,16H,1-10H2;/q-1;;/b;14-11-;. The number of nitriles is 1. The maximum Gasteiger partial charge on any atom is 0.162 e. The Bertz CT molecular complexity index is 1600. The molecule has 2 saturated carbocycles. The van der Waals surface area contributed by atoms with E-state index in [0.29, 0.717) is 11.3 Å². The third-order valence-corrected chi connectivity index (χ3v) is 8.62. The van der Waals surface area contributed by atoms with Crippen LogP contribution in [0, 0.1) is 43.1 Å². The van der Waals surface area contributed by atoms with Gasteiger partial charge in [-0.1, -0.05) is 76.6 Å². The van der Waals surface area contributed by atoms with Crippen LogP contribution in [0.4, 0.5) is 0 Å². The number of hydrogen-bond acceptors (Lipinski definition) is 4. The number of benzene rings is 3. The molecule has 0 saturated heterocycles. The maximum absolute atomic E-state index is 12.0. The number of allylic oxidation sites excluding steroid dienone is 2. The van der Waals surface area contributed by atoms with Crippen molar-refractivity contribution in [3.05, 3.63) is 89.3 Å². The van der Waals surface area contributed by atoms with Gasteiger partial charge in [-0.15, -0.1) is 34.9 Å². The van der Waals surface area contributed by atoms with Crippen LogP contribution in [0.25, 0.3) is 32.8 Å². The Morgan fingerprint density at radius 3 is 2.26 bits per heavy atom. The molecule has 0 bridgehead atoms. The van der Waals surface area contributed by atoms with E-state index in [-0.39, 0.29) is 37.7 Å². The zero-order valence-corrected chi connectivity index (χ0v) is 27.0. The number of nitrogens with zero attached hydrogens (tertiary/aromatic N) is 2. The van der Waals surface area contributed by atoms with Crippen LogP contribution in [0.5, 0.6) is 0 Å². The summed E-state index contributed by atoms with van der Waals surface area (Å²) in [6, 6.07) is 22.0. The minimum atomic E-state index is 0. The number of aliphatic hydroxyl groups excluding tert-OH is 1. The summed E-state index contributed by atoms with van der Waals surface area (Å²) in [4.78, 5) is 16.6. The summed E-state index contributed by atoms with van der Waals surface area (Å²) in [6.45, 7) is 4.10. The molecule has 42 heavy (non-hydrogen) atoms. The fourth-order valence-corrected chi connectivity index (χ4v) is 6.54. The first-order valence-electron chi connectivity index (χ1n) is 15.1. The van der Waals surface area contributed by atoms with E-state index in [2.05, 4.69) is 42.2 Å². The van der Waals surface area contributed by atoms with Crippen molar-refractivity contribution in [2.45, 2.75) is 78.1 Å². The smallest absolute Gasteiger partial charge is 0.162 e. The van der Waals surface area contributed by atoms with Crippen molar-refractivity contribution in [1.29, 1.82) is 5.26 Å². The quantitative estimate of drug-likeness (QED) is 0.0981. The van der Waals surface area contributed by atoms with Gasteiger partial charge < -0.3 is 10.1 Å². The zero-order chi connectivity index (χ0) is 28.8. The molecule has 4 aromatic rings. The largest absolute Gasteiger partial charge is 0.512 e. The molecule has 0 atom stereocenters. The van der Waals surface area contributed by atoms with Gasteiger partial charge in [-0.3, -0.25) is 4.79 Å². The molecule has 1 heterocycles. The van der Waals surface area contributed by atoms with Crippen LogP contribution in [0.3, 0.4) is 0 Å². The monoisotopic (exact) mass is 736 g/mol. The van der Waals surface area contributed by atoms with Gasteiger partial charge in [0.2, 0.25) is 0 Å². The molecule has 3 aromatic carbocycles. The second-order valence-corrected chi connectivity index (χ2v) is 11.7. The van der Waals surface area contributed by atoms with E-state index in [1.165, 1.54) is 44.1 Å². The Kier molecular flexibility index (Phi) is 11.1. The number of pyridine rings is 1. The molecular weight excluding hydrogens is 697 g/mol. The van der Waals surface area contributed by atoms with Crippen LogP contribution >= 0.6 is 0 Å². The van der Waals surface area contributed by atoms with E-state index in [1.54, 1.807) is 6.08 Å². The van der Waals surface area contributed by atoms with Crippen molar-refractivity contribution in [1.82, 2.24) is 4.98 Å². The number of ketones is 1. The molecule has 6 rings (SSSR count). The van der Waals surface area contributed by atoms with Gasteiger partial charge in [-0.2, -0.15) is 5.26 Å². The van der Waals surface area contributed by atoms with Gasteiger partial charge in [0.05, 0.1) is 17.4 Å². The van der Waals surface area contributed by atoms with Crippen molar-refractivity contribution >= 4 is 27.3 Å². The molecule has 219 valence electrons. The van der Waals surface area contributed by atoms with Crippen LogP contribution in [0.2, 0.25) is 0 Å². The average Bonchev–Trinajstić information content (AvgIpc) is 3.01. The molecule has 5 heteroatoms. The first kappa shape index (κ1) is 31.6. The predicted octanol–water partition coefficient (Wildman–Crippen LogP) is 9.50. The van der Waals surface area contributed by atoms with Crippen LogP contribution < -0.4 is 0 Å². The summed E-state index contributed by atoms with van der Waals surface area (Å²) in [6.07, 6.45) is 14.8. The van der Waals surface area contributed by atoms with E-state index in [0.717, 1.165) is 64.0 Å². The summed E-state index contributed by atoms with van der Waals surface area (Å²) in [5.74, 6) is 0.985. The second-order valence-electron chi connectivity index (χ2n) is 11.7. The van der Waals surface area contributed by atoms with E-state index in [1.807, 2.05) is 43.5 Å². The van der Waals surface area contributed by atoms with Crippen LogP contribution in [-0.2, 0) is 24.9 Å². The summed E-state index contributed by atoms with van der Waals surface area (Å²) in [5, 5.41) is 23.9. The average molecular weight is 736 g/mol. The van der Waals surface area contributed by atoms with Gasteiger partial charge in [0, 0.05) is 44.2 Å². The molecule has 0 amide bonds. The number of aryl methyl sites for hydroxylation is 2. The second kappa shape index (κ2) is 14.7. The van der Waals surface area contributed by atoms with Gasteiger partial charge in [0.25, 0.3) is 0 Å². The Hall–Kier alpha value is -3.32. The number of carbonyl (C=O) groups is 1. The Balaban J connectivity index is 0.000000200. The van der Waals surface area contributed by atoms with Gasteiger partial charge in [0.15, 0.2) is 5.78 Å². The summed E-state index contributed by atoms with van der Waals surface area (Å²) in [7, 11) is 0. The van der Waals surface area contributed by atoms with Crippen molar-refractivity contribution in [3.8, 4) is 17.3 Å². The van der Waals surface area contributed by atoms with Crippen molar-refractivity contribution in [3.63, 3.8) is 0 Å². The molecular formula is C37H39IrN2O2-. The topological polar surface area (TPSA) is 74.0 Å². The summed E-state index contributed by atoms with van der Waals surface area (Å²) >= 11 is 0. The molecule has 2 aliphatic rings. The first-order valence-corrected chi connectivity index (χ1v) is 15.1. The maximum atomic E-state index is 12.0. The number of carbonyl (C=O) groups excluding carboxylic acids is 1. The SMILES string of the molecule is Cc1[c-]c(-c2nccc3c2c(C#N)cc2ccccc23)cc(C)c1.O=C(/C=C(\O)C1CCCCC1)C1CCCCC1.[Ir]. The van der Waals surface area contributed by atoms with Crippen LogP contribution in [-0.4, -0.2) is 15.9 Å². The fraction of sp³-hybridized carbons (Fsp3) is 0.378. The van der Waals surface area contributed by atoms with Crippen LogP contribution in [0.15, 0.2) is 66.6 Å². The van der Waals surface area contributed by atoms with Crippen molar-refractivity contribution < 1.29 is 30.0 Å². The zero-order valence-electron chi connectivity index (χ0n) is 24.6. The fourth-order valence-electron chi connectivity index (χ4n) is 6.54. The minimum Gasteiger partial charge on any atom is -0.512 e. The Labute approximate surface area is 263 Å². The molecule has 2 aliphatic carbocycles. The molecule has 1 N–H and O–H groups in total. The number of aliphatic hydroxyl groups is 1. The molecule has 1 aromatic heterocycles. The van der Waals surface area contributed by atoms with E-state index < -0.39 is 0 Å². The van der Waals surface area contributed by atoms with Gasteiger partial charge in [-0.05, 0) is 65.1 Å². The van der Waals surface area contributed by atoms with Crippen LogP contribution in [0.1, 0.15) is 80.9 Å². The van der Waals surface area contributed by atoms with Gasteiger partial charge >= 0.3 is 0 Å². The summed E-state index contributed by atoms with van der Waals surface area (Å²) in [5.41, 5.74) is 4.65. The molecule has 0 aliphatic heterocycles. The van der Waals surface area contributed by atoms with Gasteiger partial charge in [-0.25, -0.2) is 0 Å². The number of aromatic nitrogens is 1. The van der Waals surface area contributed by atoms with Crippen molar-refractivity contribution in [2.75, 3.05) is 0 Å². The van der Waals surface area contributed by atoms with E-state index in [9.17, 15) is 15.2 Å². The summed E-state index contributed by atoms with van der Waals surface area (Å²) < 4.78 is 0. The Morgan fingerprint density at radius 1 is 0.929 bits per heavy atom. The normalized spacial score (nSPS) is 16.3. The predicted molar refractivity (Wildman–Crippen MR) is 167 cm³/mol. The number of fused-ring (bicyclic) bond motifs is 3. The number of rotatable bonds is 4. The van der Waals surface area contributed by atoms with E-state index in [4.69, 9.17) is 0 Å². The molecule has 4 nitrogen and oxygen atoms in total. The number of hydrogen-bond donors (Lipinski definition) is 1. The molecule has 0 unspecified atom stereocenters.